The molecule has 0 saturated carbocycles. The average molecular weight is 189 g/mol. The van der Waals surface area contributed by atoms with Gasteiger partial charge in [-0.05, 0) is 36.9 Å². The van der Waals surface area contributed by atoms with Crippen molar-refractivity contribution >= 4 is 11.8 Å². The van der Waals surface area contributed by atoms with E-state index >= 15 is 0 Å². The largest absolute Gasteiger partial charge is 0.319 e. The van der Waals surface area contributed by atoms with Gasteiger partial charge < -0.3 is 5.32 Å². The van der Waals surface area contributed by atoms with Crippen molar-refractivity contribution in [2.75, 3.05) is 25.1 Å². The molecule has 0 saturated heterocycles. The quantitative estimate of drug-likeness (QED) is 0.661. The van der Waals surface area contributed by atoms with Gasteiger partial charge in [0.25, 0.3) is 0 Å². The van der Waals surface area contributed by atoms with E-state index in [9.17, 15) is 0 Å². The fraction of sp³-hybridized carbons (Fsp3) is 1.00. The van der Waals surface area contributed by atoms with Gasteiger partial charge in [-0.15, -0.1) is 0 Å². The van der Waals surface area contributed by atoms with Gasteiger partial charge in [-0.1, -0.05) is 27.2 Å². The topological polar surface area (TPSA) is 12.0 Å². The van der Waals surface area contributed by atoms with Crippen LogP contribution < -0.4 is 5.32 Å². The lowest BCUT2D eigenvalue weighted by molar-refractivity contribution is 0.599. The van der Waals surface area contributed by atoms with Crippen LogP contribution in [0.5, 0.6) is 0 Å². The molecule has 2 heteroatoms. The third-order valence-electron chi connectivity index (χ3n) is 2.05. The minimum absolute atomic E-state index is 0.809. The first-order valence-corrected chi connectivity index (χ1v) is 6.08. The Morgan fingerprint density at radius 3 is 2.25 bits per heavy atom. The molecule has 0 heterocycles. The maximum absolute atomic E-state index is 3.21. The predicted octanol–water partition coefficient (Wildman–Crippen LogP) is 2.62. The Morgan fingerprint density at radius 1 is 1.17 bits per heavy atom. The van der Waals surface area contributed by atoms with Crippen LogP contribution in [0.1, 0.15) is 27.2 Å². The smallest absolute Gasteiger partial charge is 0.00183 e. The summed E-state index contributed by atoms with van der Waals surface area (Å²) in [4.78, 5) is 0. The Balaban J connectivity index is 3.18. The highest BCUT2D eigenvalue weighted by atomic mass is 32.2. The Hall–Kier alpha value is 0.310. The van der Waals surface area contributed by atoms with Crippen LogP contribution in [-0.4, -0.2) is 25.1 Å². The van der Waals surface area contributed by atoms with Gasteiger partial charge in [-0.3, -0.25) is 0 Å². The van der Waals surface area contributed by atoms with Gasteiger partial charge in [0.1, 0.15) is 0 Å². The molecule has 0 radical (unpaired) electrons. The lowest BCUT2D eigenvalue weighted by Gasteiger charge is -2.12. The number of hydrogen-bond acceptors (Lipinski definition) is 2. The van der Waals surface area contributed by atoms with Crippen LogP contribution in [0.15, 0.2) is 0 Å². The lowest BCUT2D eigenvalue weighted by atomic mass is 10.2. The summed E-state index contributed by atoms with van der Waals surface area (Å²) in [7, 11) is 2.02. The van der Waals surface area contributed by atoms with E-state index in [1.54, 1.807) is 0 Å². The zero-order valence-corrected chi connectivity index (χ0v) is 9.71. The van der Waals surface area contributed by atoms with Gasteiger partial charge >= 0.3 is 0 Å². The number of thioether (sulfide) groups is 1. The average Bonchev–Trinajstić information content (AvgIpc) is 2.04. The predicted molar refractivity (Wildman–Crippen MR) is 59.9 cm³/mol. The summed E-state index contributed by atoms with van der Waals surface area (Å²) < 4.78 is 0. The minimum atomic E-state index is 0.809. The molecule has 0 bridgehead atoms. The lowest BCUT2D eigenvalue weighted by Crippen LogP contribution is -2.18. The molecule has 12 heavy (non-hydrogen) atoms. The second-order valence-electron chi connectivity index (χ2n) is 3.71. The van der Waals surface area contributed by atoms with Gasteiger partial charge in [-0.2, -0.15) is 11.8 Å². The normalized spacial score (nSPS) is 16.0. The first-order chi connectivity index (χ1) is 5.70. The molecule has 0 amide bonds. The van der Waals surface area contributed by atoms with Crippen LogP contribution >= 0.6 is 11.8 Å². The van der Waals surface area contributed by atoms with Crippen LogP contribution in [0, 0.1) is 11.8 Å². The van der Waals surface area contributed by atoms with Gasteiger partial charge in [-0.25, -0.2) is 0 Å². The van der Waals surface area contributed by atoms with Gasteiger partial charge in [0, 0.05) is 0 Å². The van der Waals surface area contributed by atoms with Gasteiger partial charge in [0.2, 0.25) is 0 Å². The second-order valence-corrected chi connectivity index (χ2v) is 4.79. The standard InChI is InChI=1S/C10H23NS/c1-5-9(2)7-12-8-10(3)6-11-4/h9-11H,5-8H2,1-4H3. The van der Waals surface area contributed by atoms with Crippen molar-refractivity contribution in [3.8, 4) is 0 Å². The van der Waals surface area contributed by atoms with Crippen molar-refractivity contribution in [1.82, 2.24) is 5.32 Å². The molecule has 74 valence electrons. The molecule has 2 unspecified atom stereocenters. The molecule has 2 atom stereocenters. The van der Waals surface area contributed by atoms with Crippen molar-refractivity contribution < 1.29 is 0 Å². The van der Waals surface area contributed by atoms with E-state index in [0.717, 1.165) is 18.4 Å². The summed E-state index contributed by atoms with van der Waals surface area (Å²) in [5.74, 6) is 4.32. The van der Waals surface area contributed by atoms with Crippen LogP contribution in [0.2, 0.25) is 0 Å². The SMILES string of the molecule is CCC(C)CSCC(C)CNC. The number of rotatable bonds is 7. The van der Waals surface area contributed by atoms with Crippen molar-refractivity contribution in [3.63, 3.8) is 0 Å². The minimum Gasteiger partial charge on any atom is -0.319 e. The van der Waals surface area contributed by atoms with E-state index in [1.165, 1.54) is 17.9 Å². The highest BCUT2D eigenvalue weighted by Gasteiger charge is 2.02. The molecule has 1 nitrogen and oxygen atoms in total. The van der Waals surface area contributed by atoms with E-state index in [2.05, 4.69) is 37.8 Å². The maximum Gasteiger partial charge on any atom is -0.00183 e. The summed E-state index contributed by atoms with van der Waals surface area (Å²) in [6, 6.07) is 0. The highest BCUT2D eigenvalue weighted by Crippen LogP contribution is 2.14. The Labute approximate surface area is 81.7 Å². The van der Waals surface area contributed by atoms with Crippen LogP contribution in [0.3, 0.4) is 0 Å². The molecule has 0 rings (SSSR count). The van der Waals surface area contributed by atoms with E-state index in [1.807, 2.05) is 7.05 Å². The fourth-order valence-corrected chi connectivity index (χ4v) is 2.29. The summed E-state index contributed by atoms with van der Waals surface area (Å²) >= 11 is 2.09. The van der Waals surface area contributed by atoms with Crippen molar-refractivity contribution in [3.05, 3.63) is 0 Å². The molecule has 0 aliphatic rings. The van der Waals surface area contributed by atoms with Crippen LogP contribution in [-0.2, 0) is 0 Å². The zero-order valence-electron chi connectivity index (χ0n) is 8.89. The summed E-state index contributed by atoms with van der Waals surface area (Å²) in [5.41, 5.74) is 0. The molecule has 0 aliphatic carbocycles. The first-order valence-electron chi connectivity index (χ1n) is 4.93. The van der Waals surface area contributed by atoms with E-state index in [0.29, 0.717) is 0 Å². The maximum atomic E-state index is 3.21. The summed E-state index contributed by atoms with van der Waals surface area (Å²) in [5, 5.41) is 3.21. The molecule has 0 aromatic heterocycles. The van der Waals surface area contributed by atoms with Crippen molar-refractivity contribution in [2.45, 2.75) is 27.2 Å². The first kappa shape index (κ1) is 12.3. The molecular weight excluding hydrogens is 166 g/mol. The third kappa shape index (κ3) is 6.99. The second kappa shape index (κ2) is 7.93. The van der Waals surface area contributed by atoms with Gasteiger partial charge in [0.05, 0.1) is 0 Å². The molecule has 0 aromatic rings. The van der Waals surface area contributed by atoms with Gasteiger partial charge in [0.15, 0.2) is 0 Å². The van der Waals surface area contributed by atoms with Crippen LogP contribution in [0.4, 0.5) is 0 Å². The summed E-state index contributed by atoms with van der Waals surface area (Å²) in [6.07, 6.45) is 1.31. The fourth-order valence-electron chi connectivity index (χ4n) is 0.996. The molecule has 0 aromatic carbocycles. The molecule has 0 fully saturated rings. The number of nitrogens with one attached hydrogen (secondary N) is 1. The Kier molecular flexibility index (Phi) is 8.14. The molecular formula is C10H23NS. The van der Waals surface area contributed by atoms with E-state index in [4.69, 9.17) is 0 Å². The number of hydrogen-bond donors (Lipinski definition) is 1. The molecule has 1 N–H and O–H groups in total. The van der Waals surface area contributed by atoms with E-state index < -0.39 is 0 Å². The van der Waals surface area contributed by atoms with Crippen molar-refractivity contribution in [1.29, 1.82) is 0 Å². The highest BCUT2D eigenvalue weighted by molar-refractivity contribution is 7.99. The molecule has 0 aliphatic heterocycles. The monoisotopic (exact) mass is 189 g/mol. The summed E-state index contributed by atoms with van der Waals surface area (Å²) in [6.45, 7) is 8.05. The van der Waals surface area contributed by atoms with Crippen molar-refractivity contribution in [2.24, 2.45) is 11.8 Å². The zero-order chi connectivity index (χ0) is 9.40. The third-order valence-corrected chi connectivity index (χ3v) is 3.66. The Morgan fingerprint density at radius 2 is 1.75 bits per heavy atom. The van der Waals surface area contributed by atoms with Crippen LogP contribution in [0.25, 0.3) is 0 Å². The Bertz CT molecular complexity index is 95.8. The van der Waals surface area contributed by atoms with E-state index in [-0.39, 0.29) is 0 Å². The molecule has 0 spiro atoms.